The summed E-state index contributed by atoms with van der Waals surface area (Å²) in [6.07, 6.45) is 0. The van der Waals surface area contributed by atoms with Gasteiger partial charge < -0.3 is 69.6 Å². The average Bonchev–Trinajstić information content (AvgIpc) is 2.32. The van der Waals surface area contributed by atoms with E-state index in [0.29, 0.717) is 19.8 Å². The van der Waals surface area contributed by atoms with Crippen LogP contribution in [0.1, 0.15) is 0 Å². The second-order valence-electron chi connectivity index (χ2n) is 1.62. The third-order valence-electron chi connectivity index (χ3n) is 0.894. The maximum Gasteiger partial charge on any atom is -0.813 e. The van der Waals surface area contributed by atoms with Crippen LogP contribution in [0.4, 0.5) is 0 Å². The van der Waals surface area contributed by atoms with E-state index in [1.54, 1.807) is 0 Å². The van der Waals surface area contributed by atoms with Gasteiger partial charge in [-0.2, -0.15) is 0 Å². The zero-order valence-electron chi connectivity index (χ0n) is 10.3. The predicted octanol–water partition coefficient (Wildman–Crippen LogP) is 1.44. The van der Waals surface area contributed by atoms with Crippen molar-refractivity contribution in [1.82, 2.24) is 0 Å². The van der Waals surface area contributed by atoms with Crippen molar-refractivity contribution in [2.24, 2.45) is 0 Å². The van der Waals surface area contributed by atoms with Crippen molar-refractivity contribution in [3.63, 3.8) is 0 Å². The summed E-state index contributed by atoms with van der Waals surface area (Å²) in [5.41, 5.74) is -4.48. The van der Waals surface area contributed by atoms with Crippen LogP contribution in [-0.2, 0) is 137 Å². The maximum absolute atomic E-state index is 8.26. The SMILES string of the molecule is COP(=S)([S-])OC.COP(=S)([S-])OC.[Mo].[O]=[Mo].[SH-].[SH-]. The van der Waals surface area contributed by atoms with Gasteiger partial charge in [0, 0.05) is 49.5 Å². The van der Waals surface area contributed by atoms with Gasteiger partial charge in [0.05, 0.1) is 11.4 Å². The fourth-order valence-corrected chi connectivity index (χ4v) is 0.447. The summed E-state index contributed by atoms with van der Waals surface area (Å²) in [5.74, 6) is 0. The second kappa shape index (κ2) is 24.0. The first-order valence-electron chi connectivity index (χ1n) is 3.26. The molecule has 0 aromatic heterocycles. The van der Waals surface area contributed by atoms with Gasteiger partial charge >= 0.3 is 23.2 Å². The molecular weight excluding hydrogens is 574 g/mol. The normalized spacial score (nSPS) is 8.95. The zero-order valence-corrected chi connectivity index (χ0v) is 21.1. The molecule has 5 nitrogen and oxygen atoms in total. The van der Waals surface area contributed by atoms with Crippen LogP contribution in [-0.4, -0.2) is 28.4 Å². The Labute approximate surface area is 175 Å². The van der Waals surface area contributed by atoms with E-state index in [-0.39, 0.29) is 48.1 Å². The molecule has 0 rings (SSSR count). The Morgan fingerprint density at radius 1 is 0.789 bits per heavy atom. The Morgan fingerprint density at radius 3 is 0.895 bits per heavy atom. The van der Waals surface area contributed by atoms with Crippen molar-refractivity contribution in [3.05, 3.63) is 0 Å². The summed E-state index contributed by atoms with van der Waals surface area (Å²) >= 11 is 19.2. The van der Waals surface area contributed by atoms with Gasteiger partial charge in [-0.3, -0.25) is 0 Å². The van der Waals surface area contributed by atoms with Gasteiger partial charge in [0.2, 0.25) is 0 Å². The van der Waals surface area contributed by atoms with Crippen LogP contribution in [0.15, 0.2) is 0 Å². The molecule has 0 fully saturated rings. The smallest absolute Gasteiger partial charge is 0.813 e. The molecule has 0 heterocycles. The third kappa shape index (κ3) is 34.2. The first kappa shape index (κ1) is 38.3. The van der Waals surface area contributed by atoms with E-state index >= 15 is 0 Å². The molecule has 0 aromatic carbocycles. The van der Waals surface area contributed by atoms with Crippen LogP contribution >= 0.6 is 11.4 Å². The Hall–Kier alpha value is 3.72. The first-order chi connectivity index (χ1) is 7.24. The molecule has 0 spiro atoms. The van der Waals surface area contributed by atoms with Gasteiger partial charge in [-0.15, -0.1) is 0 Å². The minimum absolute atomic E-state index is 0. The first-order valence-corrected chi connectivity index (χ1v) is 11.4. The molecule has 0 amide bonds. The summed E-state index contributed by atoms with van der Waals surface area (Å²) in [4.78, 5) is 0. The molecule has 0 atom stereocenters. The molecule has 0 bridgehead atoms. The van der Waals surface area contributed by atoms with Gasteiger partial charge in [-0.25, -0.2) is 0 Å². The summed E-state index contributed by atoms with van der Waals surface area (Å²) < 4.78 is 26.7. The Kier molecular flexibility index (Phi) is 48.4. The summed E-state index contributed by atoms with van der Waals surface area (Å²) in [6, 6.07) is 0. The molecule has 19 heavy (non-hydrogen) atoms. The van der Waals surface area contributed by atoms with Gasteiger partial charge in [0.25, 0.3) is 0 Å². The van der Waals surface area contributed by atoms with E-state index in [1.165, 1.54) is 28.4 Å². The molecule has 0 saturated heterocycles. The fourth-order valence-electron chi connectivity index (χ4n) is 0.149. The van der Waals surface area contributed by atoms with E-state index in [4.69, 9.17) is 3.40 Å². The van der Waals surface area contributed by atoms with Gasteiger partial charge in [0.1, 0.15) is 0 Å². The van der Waals surface area contributed by atoms with Crippen molar-refractivity contribution < 1.29 is 62.3 Å². The number of thiol groups is 2. The second-order valence-corrected chi connectivity index (χ2v) is 12.0. The largest absolute Gasteiger partial charge is 0.813 e. The summed E-state index contributed by atoms with van der Waals surface area (Å²) in [5, 5.41) is 0. The third-order valence-corrected chi connectivity index (χ3v) is 6.26. The van der Waals surface area contributed by atoms with Crippen LogP contribution in [0.3, 0.4) is 0 Å². The monoisotopic (exact) mass is 592 g/mol. The van der Waals surface area contributed by atoms with Crippen molar-refractivity contribution in [3.8, 4) is 0 Å². The zero-order chi connectivity index (χ0) is 13.8. The van der Waals surface area contributed by atoms with Crippen LogP contribution in [0.5, 0.6) is 0 Å². The molecule has 0 aromatic rings. The summed E-state index contributed by atoms with van der Waals surface area (Å²) in [6.45, 7) is 0. The van der Waals surface area contributed by atoms with Crippen molar-refractivity contribution in [2.45, 2.75) is 0 Å². The molecule has 0 aliphatic carbocycles. The molecule has 15 heteroatoms. The maximum atomic E-state index is 8.26. The minimum atomic E-state index is -2.24. The number of hydrogen-bond acceptors (Lipinski definition) is 11. The molecule has 0 radical (unpaired) electrons. The predicted molar refractivity (Wildman–Crippen MR) is 89.5 cm³/mol. The average molecular weight is 588 g/mol. The fraction of sp³-hybridized carbons (Fsp3) is 1.00. The number of rotatable bonds is 4. The number of hydrogen-bond donors (Lipinski definition) is 0. The van der Waals surface area contributed by atoms with Crippen LogP contribution in [0, 0.1) is 0 Å². The molecule has 0 unspecified atom stereocenters. The summed E-state index contributed by atoms with van der Waals surface area (Å²) in [7, 11) is 5.82. The molecule has 0 saturated carbocycles. The van der Waals surface area contributed by atoms with Gasteiger partial charge in [-0.1, -0.05) is 23.6 Å². The molecule has 0 aliphatic rings. The van der Waals surface area contributed by atoms with Crippen molar-refractivity contribution >= 4 is 86.5 Å². The quantitative estimate of drug-likeness (QED) is 0.208. The Morgan fingerprint density at radius 2 is 0.895 bits per heavy atom. The minimum Gasteiger partial charge on any atom is -0.813 e. The standard InChI is InChI=1S/2C2H7O2PS2.2Mo.O.2H2S/c2*1-3-5(6,7)4-2;;;;;/h2*1-2H3,(H,6,7);;;;2*1H2/p-4. The molecular formula is C4H14Mo2O5P2S6-4. The topological polar surface area (TPSA) is 54.0 Å². The van der Waals surface area contributed by atoms with E-state index in [2.05, 4.69) is 66.2 Å². The Balaban J connectivity index is -0.0000000344. The van der Waals surface area contributed by atoms with Crippen molar-refractivity contribution in [2.75, 3.05) is 28.4 Å². The molecule has 122 valence electrons. The molecule has 0 aliphatic heterocycles. The Bertz CT molecular complexity index is 222. The van der Waals surface area contributed by atoms with Gasteiger partial charge in [-0.05, 0) is 0 Å². The van der Waals surface area contributed by atoms with Crippen molar-refractivity contribution in [1.29, 1.82) is 0 Å². The van der Waals surface area contributed by atoms with E-state index < -0.39 is 11.4 Å². The van der Waals surface area contributed by atoms with E-state index in [9.17, 15) is 0 Å². The molecule has 0 N–H and O–H groups in total. The van der Waals surface area contributed by atoms with E-state index in [0.717, 1.165) is 0 Å². The van der Waals surface area contributed by atoms with Crippen LogP contribution in [0.25, 0.3) is 0 Å². The van der Waals surface area contributed by atoms with Crippen LogP contribution in [0.2, 0.25) is 0 Å². The van der Waals surface area contributed by atoms with E-state index in [1.807, 2.05) is 0 Å². The van der Waals surface area contributed by atoms with Crippen LogP contribution < -0.4 is 0 Å². The van der Waals surface area contributed by atoms with Gasteiger partial charge in [0.15, 0.2) is 0 Å².